The summed E-state index contributed by atoms with van der Waals surface area (Å²) >= 11 is 1.57. The van der Waals surface area contributed by atoms with Crippen molar-refractivity contribution in [3.63, 3.8) is 0 Å². The van der Waals surface area contributed by atoms with Gasteiger partial charge in [0.2, 0.25) is 0 Å². The van der Waals surface area contributed by atoms with Gasteiger partial charge in [-0.15, -0.1) is 11.3 Å². The number of hydrogen-bond donors (Lipinski definition) is 2. The highest BCUT2D eigenvalue weighted by Crippen LogP contribution is 2.31. The van der Waals surface area contributed by atoms with Gasteiger partial charge >= 0.3 is 0 Å². The van der Waals surface area contributed by atoms with Crippen LogP contribution in [0, 0.1) is 0 Å². The molecule has 0 saturated heterocycles. The number of aromatic amines is 2. The van der Waals surface area contributed by atoms with Crippen LogP contribution in [0.25, 0.3) is 21.3 Å². The van der Waals surface area contributed by atoms with E-state index in [1.165, 1.54) is 4.68 Å². The van der Waals surface area contributed by atoms with Crippen LogP contribution in [0.2, 0.25) is 0 Å². The largest absolute Gasteiger partial charge is 0.323 e. The summed E-state index contributed by atoms with van der Waals surface area (Å²) in [5.74, 6) is 0. The monoisotopic (exact) mass is 367 g/mol. The Hall–Kier alpha value is -3.34. The third-order valence-corrected chi connectivity index (χ3v) is 5.32. The number of nitrogens with one attached hydrogen (secondary N) is 2. The predicted molar refractivity (Wildman–Crippen MR) is 95.0 cm³/mol. The molecule has 0 atom stereocenters. The molecule has 0 spiro atoms. The zero-order chi connectivity index (χ0) is 17.7. The molecule has 0 aliphatic heterocycles. The molecule has 5 aromatic rings. The van der Waals surface area contributed by atoms with E-state index in [1.54, 1.807) is 29.9 Å². The molecule has 0 saturated carbocycles. The maximum absolute atomic E-state index is 12.9. The Morgan fingerprint density at radius 2 is 2.19 bits per heavy atom. The molecular weight excluding hydrogens is 354 g/mol. The molecule has 10 nitrogen and oxygen atoms in total. The van der Waals surface area contributed by atoms with Crippen molar-refractivity contribution in [2.24, 2.45) is 7.05 Å². The highest BCUT2D eigenvalue weighted by Gasteiger charge is 2.18. The van der Waals surface area contributed by atoms with E-state index in [9.17, 15) is 4.79 Å². The van der Waals surface area contributed by atoms with Crippen LogP contribution in [-0.4, -0.2) is 44.9 Å². The van der Waals surface area contributed by atoms with Crippen molar-refractivity contribution in [2.45, 2.75) is 13.0 Å². The van der Waals surface area contributed by atoms with Crippen LogP contribution >= 0.6 is 11.3 Å². The summed E-state index contributed by atoms with van der Waals surface area (Å²) in [6.07, 6.45) is 5.69. The molecule has 0 fully saturated rings. The lowest BCUT2D eigenvalue weighted by molar-refractivity contribution is 0.631. The zero-order valence-corrected chi connectivity index (χ0v) is 14.5. The number of H-pyrrole nitrogens is 2. The van der Waals surface area contributed by atoms with Crippen LogP contribution in [0.1, 0.15) is 16.4 Å². The van der Waals surface area contributed by atoms with E-state index in [0.29, 0.717) is 17.6 Å². The van der Waals surface area contributed by atoms with E-state index >= 15 is 0 Å². The van der Waals surface area contributed by atoms with Gasteiger partial charge in [0.25, 0.3) is 5.56 Å². The lowest BCUT2D eigenvalue weighted by Gasteiger charge is -2.03. The van der Waals surface area contributed by atoms with Gasteiger partial charge in [0.05, 0.1) is 23.6 Å². The van der Waals surface area contributed by atoms with E-state index in [0.717, 1.165) is 26.4 Å². The lowest BCUT2D eigenvalue weighted by atomic mass is 10.3. The van der Waals surface area contributed by atoms with Crippen LogP contribution < -0.4 is 5.56 Å². The minimum Gasteiger partial charge on any atom is -0.323 e. The summed E-state index contributed by atoms with van der Waals surface area (Å²) < 4.78 is 4.19. The highest BCUT2D eigenvalue weighted by atomic mass is 32.1. The Morgan fingerprint density at radius 3 is 2.96 bits per heavy atom. The number of rotatable bonds is 4. The molecule has 5 aromatic heterocycles. The summed E-state index contributed by atoms with van der Waals surface area (Å²) in [7, 11) is 1.85. The maximum Gasteiger partial charge on any atom is 0.291 e. The fourth-order valence-electron chi connectivity index (χ4n) is 3.02. The van der Waals surface area contributed by atoms with Gasteiger partial charge in [-0.05, 0) is 6.07 Å². The Bertz CT molecular complexity index is 1260. The summed E-state index contributed by atoms with van der Waals surface area (Å²) in [6, 6.07) is 1.92. The minimum atomic E-state index is -0.173. The molecule has 0 amide bonds. The van der Waals surface area contributed by atoms with E-state index in [2.05, 4.69) is 30.7 Å². The Morgan fingerprint density at radius 1 is 1.27 bits per heavy atom. The smallest absolute Gasteiger partial charge is 0.291 e. The van der Waals surface area contributed by atoms with Crippen molar-refractivity contribution in [3.05, 3.63) is 51.4 Å². The second-order valence-electron chi connectivity index (χ2n) is 5.91. The first kappa shape index (κ1) is 15.0. The first-order valence-electron chi connectivity index (χ1n) is 7.87. The summed E-state index contributed by atoms with van der Waals surface area (Å²) in [6.45, 7) is 0.266. The van der Waals surface area contributed by atoms with Gasteiger partial charge in [-0.25, -0.2) is 9.67 Å². The molecule has 26 heavy (non-hydrogen) atoms. The fourth-order valence-corrected chi connectivity index (χ4v) is 4.15. The Labute approximate surface area is 149 Å². The number of nitrogens with zero attached hydrogens (tertiary/aromatic N) is 7. The molecule has 2 N–H and O–H groups in total. The SMILES string of the molecule is Cn1c2nc(Cc3ccn[nH]3)sc2c2cnn(Cc3cn[nH]n3)c(=O)c21. The minimum absolute atomic E-state index is 0.173. The average Bonchev–Trinajstić information content (AvgIpc) is 3.39. The van der Waals surface area contributed by atoms with Crippen molar-refractivity contribution < 1.29 is 0 Å². The lowest BCUT2D eigenvalue weighted by Crippen LogP contribution is -2.24. The van der Waals surface area contributed by atoms with Crippen LogP contribution in [0.15, 0.2) is 29.5 Å². The maximum atomic E-state index is 12.9. The Kier molecular flexibility index (Phi) is 3.22. The van der Waals surface area contributed by atoms with Crippen molar-refractivity contribution in [2.75, 3.05) is 0 Å². The predicted octanol–water partition coefficient (Wildman–Crippen LogP) is 0.825. The van der Waals surface area contributed by atoms with Crippen molar-refractivity contribution in [1.29, 1.82) is 0 Å². The van der Waals surface area contributed by atoms with Crippen molar-refractivity contribution in [3.8, 4) is 0 Å². The van der Waals surface area contributed by atoms with E-state index in [4.69, 9.17) is 4.98 Å². The number of aryl methyl sites for hydroxylation is 1. The summed E-state index contributed by atoms with van der Waals surface area (Å²) in [5, 5.41) is 23.2. The van der Waals surface area contributed by atoms with Crippen LogP contribution in [0.4, 0.5) is 0 Å². The van der Waals surface area contributed by atoms with E-state index in [-0.39, 0.29) is 12.1 Å². The Balaban J connectivity index is 1.62. The van der Waals surface area contributed by atoms with Crippen molar-refractivity contribution in [1.82, 2.24) is 44.9 Å². The summed E-state index contributed by atoms with van der Waals surface area (Å²) in [5.41, 5.74) is 2.85. The van der Waals surface area contributed by atoms with Gasteiger partial charge in [0.15, 0.2) is 5.65 Å². The van der Waals surface area contributed by atoms with Crippen molar-refractivity contribution >= 4 is 32.6 Å². The molecule has 11 heteroatoms. The first-order valence-corrected chi connectivity index (χ1v) is 8.69. The second kappa shape index (κ2) is 5.59. The number of hydrogen-bond acceptors (Lipinski definition) is 7. The fraction of sp³-hybridized carbons (Fsp3) is 0.200. The number of thiazole rings is 1. The molecule has 0 bridgehead atoms. The molecule has 0 aliphatic rings. The number of aromatic nitrogens is 9. The second-order valence-corrected chi connectivity index (χ2v) is 6.99. The molecule has 0 unspecified atom stereocenters. The topological polar surface area (TPSA) is 123 Å². The number of fused-ring (bicyclic) bond motifs is 3. The third kappa shape index (κ3) is 2.24. The highest BCUT2D eigenvalue weighted by molar-refractivity contribution is 7.19. The first-order chi connectivity index (χ1) is 12.7. The van der Waals surface area contributed by atoms with E-state index < -0.39 is 0 Å². The molecular formula is C15H13N9OS. The average molecular weight is 367 g/mol. The van der Waals surface area contributed by atoms with Gasteiger partial charge in [0, 0.05) is 30.7 Å². The molecule has 130 valence electrons. The normalized spacial score (nSPS) is 11.7. The zero-order valence-electron chi connectivity index (χ0n) is 13.7. The van der Waals surface area contributed by atoms with Gasteiger partial charge in [-0.2, -0.15) is 25.6 Å². The van der Waals surface area contributed by atoms with E-state index in [1.807, 2.05) is 17.7 Å². The quantitative estimate of drug-likeness (QED) is 0.485. The van der Waals surface area contributed by atoms with Crippen LogP contribution in [0.3, 0.4) is 0 Å². The van der Waals surface area contributed by atoms with Gasteiger partial charge in [0.1, 0.15) is 16.2 Å². The standard InChI is InChI=1S/C15H13N9OS/c1-23-12-10(6-18-24(15(12)25)7-9-5-17-22-21-9)13-14(23)19-11(26-13)4-8-2-3-16-20-8/h2-3,5-6H,4,7H2,1H3,(H,16,20)(H,17,21,22). The van der Waals surface area contributed by atoms with Gasteiger partial charge < -0.3 is 4.57 Å². The van der Waals surface area contributed by atoms with Crippen LogP contribution in [-0.2, 0) is 20.0 Å². The van der Waals surface area contributed by atoms with Gasteiger partial charge in [-0.1, -0.05) is 0 Å². The molecule has 5 heterocycles. The molecule has 0 aliphatic carbocycles. The summed E-state index contributed by atoms with van der Waals surface area (Å²) in [4.78, 5) is 17.6. The molecule has 0 aromatic carbocycles. The van der Waals surface area contributed by atoms with Gasteiger partial charge in [-0.3, -0.25) is 9.89 Å². The third-order valence-electron chi connectivity index (χ3n) is 4.25. The molecule has 0 radical (unpaired) electrons. The van der Waals surface area contributed by atoms with Crippen LogP contribution in [0.5, 0.6) is 0 Å². The molecule has 5 rings (SSSR count).